The maximum atomic E-state index is 12.1. The highest BCUT2D eigenvalue weighted by atomic mass is 32.2. The normalized spacial score (nSPS) is 11.1. The molecular formula is C17H20N2O3S. The molecular weight excluding hydrogens is 312 g/mol. The summed E-state index contributed by atoms with van der Waals surface area (Å²) in [6.45, 7) is 2.45. The summed E-state index contributed by atoms with van der Waals surface area (Å²) in [5.41, 5.74) is 3.18. The van der Waals surface area contributed by atoms with Crippen LogP contribution in [0.2, 0.25) is 0 Å². The molecule has 23 heavy (non-hydrogen) atoms. The van der Waals surface area contributed by atoms with Crippen LogP contribution in [-0.4, -0.2) is 27.6 Å². The van der Waals surface area contributed by atoms with Crippen LogP contribution in [-0.2, 0) is 16.6 Å². The smallest absolute Gasteiger partial charge is 0.251 e. The molecule has 1 N–H and O–H groups in total. The average molecular weight is 332 g/mol. The van der Waals surface area contributed by atoms with Gasteiger partial charge in [-0.15, -0.1) is 0 Å². The van der Waals surface area contributed by atoms with Crippen LogP contribution in [0.4, 0.5) is 5.69 Å². The number of nitrogens with zero attached hydrogens (tertiary/aromatic N) is 1. The van der Waals surface area contributed by atoms with Crippen molar-refractivity contribution in [1.82, 2.24) is 5.32 Å². The monoisotopic (exact) mass is 332 g/mol. The number of hydrogen-bond acceptors (Lipinski definition) is 3. The van der Waals surface area contributed by atoms with E-state index in [1.807, 2.05) is 31.2 Å². The molecule has 122 valence electrons. The van der Waals surface area contributed by atoms with Gasteiger partial charge in [0.05, 0.1) is 11.9 Å². The van der Waals surface area contributed by atoms with Gasteiger partial charge in [-0.25, -0.2) is 8.42 Å². The second-order valence-corrected chi connectivity index (χ2v) is 7.46. The fraction of sp³-hybridized carbons (Fsp3) is 0.235. The lowest BCUT2D eigenvalue weighted by atomic mass is 10.1. The molecule has 2 aromatic rings. The van der Waals surface area contributed by atoms with Crippen molar-refractivity contribution in [3.8, 4) is 0 Å². The summed E-state index contributed by atoms with van der Waals surface area (Å²) in [5, 5.41) is 2.85. The number of amides is 1. The molecule has 5 nitrogen and oxygen atoms in total. The minimum atomic E-state index is -3.31. The molecule has 6 heteroatoms. The molecule has 0 saturated heterocycles. The van der Waals surface area contributed by atoms with Crippen LogP contribution >= 0.6 is 0 Å². The van der Waals surface area contributed by atoms with E-state index in [1.54, 1.807) is 24.3 Å². The highest BCUT2D eigenvalue weighted by Gasteiger charge is 2.12. The van der Waals surface area contributed by atoms with Crippen molar-refractivity contribution in [2.24, 2.45) is 0 Å². The largest absolute Gasteiger partial charge is 0.348 e. The third-order valence-electron chi connectivity index (χ3n) is 3.53. The SMILES string of the molecule is Cc1cccc(CNC(=O)c2ccc(N(C)S(C)(=O)=O)cc2)c1. The lowest BCUT2D eigenvalue weighted by molar-refractivity contribution is 0.0951. The first-order valence-corrected chi connectivity index (χ1v) is 9.00. The molecule has 0 aliphatic rings. The average Bonchev–Trinajstić information content (AvgIpc) is 2.51. The molecule has 0 saturated carbocycles. The van der Waals surface area contributed by atoms with Crippen LogP contribution < -0.4 is 9.62 Å². The second kappa shape index (κ2) is 6.83. The number of hydrogen-bond donors (Lipinski definition) is 1. The minimum Gasteiger partial charge on any atom is -0.348 e. The van der Waals surface area contributed by atoms with Gasteiger partial charge in [0, 0.05) is 19.2 Å². The molecule has 0 heterocycles. The van der Waals surface area contributed by atoms with Crippen molar-refractivity contribution in [2.45, 2.75) is 13.5 Å². The van der Waals surface area contributed by atoms with Crippen LogP contribution in [0, 0.1) is 6.92 Å². The van der Waals surface area contributed by atoms with Gasteiger partial charge in [-0.2, -0.15) is 0 Å². The Morgan fingerprint density at radius 3 is 2.35 bits per heavy atom. The summed E-state index contributed by atoms with van der Waals surface area (Å²) in [4.78, 5) is 12.1. The zero-order chi connectivity index (χ0) is 17.0. The van der Waals surface area contributed by atoms with Crippen LogP contribution in [0.15, 0.2) is 48.5 Å². The third-order valence-corrected chi connectivity index (χ3v) is 4.73. The molecule has 0 aromatic heterocycles. The van der Waals surface area contributed by atoms with E-state index in [4.69, 9.17) is 0 Å². The molecule has 0 unspecified atom stereocenters. The van der Waals surface area contributed by atoms with E-state index >= 15 is 0 Å². The highest BCUT2D eigenvalue weighted by Crippen LogP contribution is 2.16. The van der Waals surface area contributed by atoms with Crippen molar-refractivity contribution in [1.29, 1.82) is 0 Å². The fourth-order valence-electron chi connectivity index (χ4n) is 2.12. The van der Waals surface area contributed by atoms with E-state index in [0.29, 0.717) is 17.8 Å². The number of benzene rings is 2. The number of carbonyl (C=O) groups is 1. The Bertz CT molecular complexity index is 799. The number of carbonyl (C=O) groups excluding carboxylic acids is 1. The molecule has 0 aliphatic heterocycles. The maximum absolute atomic E-state index is 12.1. The topological polar surface area (TPSA) is 66.5 Å². The van der Waals surface area contributed by atoms with Gasteiger partial charge in [0.1, 0.15) is 0 Å². The van der Waals surface area contributed by atoms with Gasteiger partial charge in [-0.05, 0) is 36.8 Å². The number of sulfonamides is 1. The Hall–Kier alpha value is -2.34. The molecule has 2 aromatic carbocycles. The molecule has 0 bridgehead atoms. The van der Waals surface area contributed by atoms with Gasteiger partial charge in [0.15, 0.2) is 0 Å². The third kappa shape index (κ3) is 4.56. The van der Waals surface area contributed by atoms with Crippen molar-refractivity contribution < 1.29 is 13.2 Å². The summed E-state index contributed by atoms with van der Waals surface area (Å²) in [6.07, 6.45) is 1.13. The summed E-state index contributed by atoms with van der Waals surface area (Å²) >= 11 is 0. The quantitative estimate of drug-likeness (QED) is 0.914. The van der Waals surface area contributed by atoms with Crippen molar-refractivity contribution >= 4 is 21.6 Å². The van der Waals surface area contributed by atoms with E-state index in [2.05, 4.69) is 5.32 Å². The first-order valence-electron chi connectivity index (χ1n) is 7.15. The molecule has 0 aliphatic carbocycles. The van der Waals surface area contributed by atoms with E-state index in [1.165, 1.54) is 11.4 Å². The van der Waals surface area contributed by atoms with Gasteiger partial charge in [-0.3, -0.25) is 9.10 Å². The van der Waals surface area contributed by atoms with Crippen LogP contribution in [0.25, 0.3) is 0 Å². The van der Waals surface area contributed by atoms with Gasteiger partial charge in [0.2, 0.25) is 10.0 Å². The van der Waals surface area contributed by atoms with Crippen LogP contribution in [0.1, 0.15) is 21.5 Å². The number of nitrogens with one attached hydrogen (secondary N) is 1. The molecule has 0 fully saturated rings. The van der Waals surface area contributed by atoms with E-state index in [-0.39, 0.29) is 5.91 Å². The number of rotatable bonds is 5. The molecule has 0 spiro atoms. The van der Waals surface area contributed by atoms with Crippen LogP contribution in [0.5, 0.6) is 0 Å². The lowest BCUT2D eigenvalue weighted by Gasteiger charge is -2.16. The maximum Gasteiger partial charge on any atom is 0.251 e. The second-order valence-electron chi connectivity index (χ2n) is 5.45. The van der Waals surface area contributed by atoms with Crippen molar-refractivity contribution in [2.75, 3.05) is 17.6 Å². The Kier molecular flexibility index (Phi) is 5.05. The Morgan fingerprint density at radius 2 is 1.78 bits per heavy atom. The van der Waals surface area contributed by atoms with E-state index in [0.717, 1.165) is 17.4 Å². The fourth-order valence-corrected chi connectivity index (χ4v) is 2.63. The van der Waals surface area contributed by atoms with Gasteiger partial charge in [0.25, 0.3) is 5.91 Å². The first-order chi connectivity index (χ1) is 10.8. The standard InChI is InChI=1S/C17H20N2O3S/c1-13-5-4-6-14(11-13)12-18-17(20)15-7-9-16(10-8-15)19(2)23(3,21)22/h4-11H,12H2,1-3H3,(H,18,20). The lowest BCUT2D eigenvalue weighted by Crippen LogP contribution is -2.25. The van der Waals surface area contributed by atoms with E-state index < -0.39 is 10.0 Å². The minimum absolute atomic E-state index is 0.194. The Labute approximate surface area is 137 Å². The molecule has 0 atom stereocenters. The molecule has 1 amide bonds. The molecule has 2 rings (SSSR count). The van der Waals surface area contributed by atoms with Crippen LogP contribution in [0.3, 0.4) is 0 Å². The summed E-state index contributed by atoms with van der Waals surface area (Å²) in [6, 6.07) is 14.4. The van der Waals surface area contributed by atoms with Gasteiger partial charge >= 0.3 is 0 Å². The number of anilines is 1. The van der Waals surface area contributed by atoms with Crippen molar-refractivity contribution in [3.63, 3.8) is 0 Å². The number of aryl methyl sites for hydroxylation is 1. The Balaban J connectivity index is 2.03. The summed E-state index contributed by atoms with van der Waals surface area (Å²) < 4.78 is 24.1. The van der Waals surface area contributed by atoms with Crippen molar-refractivity contribution in [3.05, 3.63) is 65.2 Å². The zero-order valence-corrected chi connectivity index (χ0v) is 14.2. The highest BCUT2D eigenvalue weighted by molar-refractivity contribution is 7.92. The Morgan fingerprint density at radius 1 is 1.13 bits per heavy atom. The molecule has 0 radical (unpaired) electrons. The van der Waals surface area contributed by atoms with Gasteiger partial charge < -0.3 is 5.32 Å². The van der Waals surface area contributed by atoms with E-state index in [9.17, 15) is 13.2 Å². The summed E-state index contributed by atoms with van der Waals surface area (Å²) in [7, 11) is -1.83. The zero-order valence-electron chi connectivity index (χ0n) is 13.4. The predicted octanol–water partition coefficient (Wildman–Crippen LogP) is 2.32. The summed E-state index contributed by atoms with van der Waals surface area (Å²) in [5.74, 6) is -0.194. The first kappa shape index (κ1) is 17.0. The van der Waals surface area contributed by atoms with Gasteiger partial charge in [-0.1, -0.05) is 29.8 Å². The predicted molar refractivity (Wildman–Crippen MR) is 92.0 cm³/mol.